The SMILES string of the molecule is O=C1C[C@H](c2ccccc2)Sc2nccnc21. The highest BCUT2D eigenvalue weighted by atomic mass is 32.2. The van der Waals surface area contributed by atoms with E-state index in [2.05, 4.69) is 9.97 Å². The number of ketones is 1. The molecule has 0 fully saturated rings. The topological polar surface area (TPSA) is 42.9 Å². The summed E-state index contributed by atoms with van der Waals surface area (Å²) in [5.41, 5.74) is 1.69. The molecule has 3 nitrogen and oxygen atoms in total. The molecule has 3 rings (SSSR count). The van der Waals surface area contributed by atoms with E-state index in [0.717, 1.165) is 5.03 Å². The summed E-state index contributed by atoms with van der Waals surface area (Å²) < 4.78 is 0. The summed E-state index contributed by atoms with van der Waals surface area (Å²) in [4.78, 5) is 20.3. The lowest BCUT2D eigenvalue weighted by Crippen LogP contribution is -2.14. The van der Waals surface area contributed by atoms with Crippen LogP contribution in [0, 0.1) is 0 Å². The van der Waals surface area contributed by atoms with Crippen molar-refractivity contribution < 1.29 is 4.79 Å². The van der Waals surface area contributed by atoms with Gasteiger partial charge in [0, 0.05) is 24.1 Å². The average molecular weight is 242 g/mol. The number of benzene rings is 1. The van der Waals surface area contributed by atoms with E-state index in [1.807, 2.05) is 30.3 Å². The van der Waals surface area contributed by atoms with Gasteiger partial charge in [0.15, 0.2) is 5.78 Å². The van der Waals surface area contributed by atoms with E-state index < -0.39 is 0 Å². The van der Waals surface area contributed by atoms with Crippen molar-refractivity contribution in [2.75, 3.05) is 0 Å². The molecule has 1 atom stereocenters. The first kappa shape index (κ1) is 10.5. The number of hydrogen-bond acceptors (Lipinski definition) is 4. The third-order valence-corrected chi connectivity index (χ3v) is 3.97. The number of carbonyl (C=O) groups excluding carboxylic acids is 1. The maximum atomic E-state index is 12.0. The van der Waals surface area contributed by atoms with E-state index >= 15 is 0 Å². The van der Waals surface area contributed by atoms with Crippen molar-refractivity contribution in [2.45, 2.75) is 16.7 Å². The molecule has 2 heterocycles. The summed E-state index contributed by atoms with van der Waals surface area (Å²) in [6.45, 7) is 0. The zero-order chi connectivity index (χ0) is 11.7. The Hall–Kier alpha value is -1.68. The molecule has 0 amide bonds. The summed E-state index contributed by atoms with van der Waals surface area (Å²) in [6.07, 6.45) is 3.70. The Kier molecular flexibility index (Phi) is 2.65. The monoisotopic (exact) mass is 242 g/mol. The second-order valence-electron chi connectivity index (χ2n) is 3.85. The van der Waals surface area contributed by atoms with Crippen LogP contribution in [-0.4, -0.2) is 15.8 Å². The second-order valence-corrected chi connectivity index (χ2v) is 5.05. The van der Waals surface area contributed by atoms with Crippen molar-refractivity contribution in [3.63, 3.8) is 0 Å². The third-order valence-electron chi connectivity index (χ3n) is 2.72. The molecule has 0 N–H and O–H groups in total. The number of fused-ring (bicyclic) bond motifs is 1. The van der Waals surface area contributed by atoms with E-state index in [0.29, 0.717) is 12.1 Å². The molecule has 2 aromatic rings. The minimum Gasteiger partial charge on any atom is -0.292 e. The zero-order valence-electron chi connectivity index (χ0n) is 9.04. The van der Waals surface area contributed by atoms with Gasteiger partial charge in [-0.05, 0) is 5.56 Å². The number of aromatic nitrogens is 2. The molecule has 4 heteroatoms. The molecule has 1 aliphatic heterocycles. The fourth-order valence-electron chi connectivity index (χ4n) is 1.90. The van der Waals surface area contributed by atoms with Crippen molar-refractivity contribution in [3.05, 3.63) is 54.0 Å². The van der Waals surface area contributed by atoms with Crippen LogP contribution in [-0.2, 0) is 0 Å². The Bertz CT molecular complexity index is 556. The highest BCUT2D eigenvalue weighted by molar-refractivity contribution is 7.99. The maximum absolute atomic E-state index is 12.0. The van der Waals surface area contributed by atoms with Gasteiger partial charge >= 0.3 is 0 Å². The first-order chi connectivity index (χ1) is 8.34. The Morgan fingerprint density at radius 3 is 2.71 bits per heavy atom. The van der Waals surface area contributed by atoms with Gasteiger partial charge in [-0.25, -0.2) is 9.97 Å². The first-order valence-corrected chi connectivity index (χ1v) is 6.28. The molecule has 1 aromatic heterocycles. The highest BCUT2D eigenvalue weighted by Crippen LogP contribution is 2.42. The molecule has 1 aliphatic rings. The lowest BCUT2D eigenvalue weighted by molar-refractivity contribution is 0.0970. The molecule has 0 spiro atoms. The van der Waals surface area contributed by atoms with Crippen LogP contribution in [0.5, 0.6) is 0 Å². The molecule has 0 radical (unpaired) electrons. The van der Waals surface area contributed by atoms with Crippen molar-refractivity contribution in [1.29, 1.82) is 0 Å². The molecule has 17 heavy (non-hydrogen) atoms. The van der Waals surface area contributed by atoms with Gasteiger partial charge < -0.3 is 0 Å². The molecular weight excluding hydrogens is 232 g/mol. The predicted molar refractivity (Wildman–Crippen MR) is 66.0 cm³/mol. The van der Waals surface area contributed by atoms with Crippen molar-refractivity contribution in [3.8, 4) is 0 Å². The van der Waals surface area contributed by atoms with E-state index in [1.165, 1.54) is 5.56 Å². The van der Waals surface area contributed by atoms with Crippen molar-refractivity contribution in [2.24, 2.45) is 0 Å². The molecular formula is C13H10N2OS. The van der Waals surface area contributed by atoms with Crippen LogP contribution < -0.4 is 0 Å². The molecule has 0 bridgehead atoms. The van der Waals surface area contributed by atoms with Crippen LogP contribution >= 0.6 is 11.8 Å². The number of thioether (sulfide) groups is 1. The molecule has 0 saturated heterocycles. The number of hydrogen-bond donors (Lipinski definition) is 0. The molecule has 0 saturated carbocycles. The molecule has 1 aromatic carbocycles. The van der Waals surface area contributed by atoms with E-state index in [4.69, 9.17) is 0 Å². The minimum atomic E-state index is 0.0840. The van der Waals surface area contributed by atoms with E-state index in [1.54, 1.807) is 24.2 Å². The van der Waals surface area contributed by atoms with Crippen LogP contribution in [0.25, 0.3) is 0 Å². The fraction of sp³-hybridized carbons (Fsp3) is 0.154. The fourth-order valence-corrected chi connectivity index (χ4v) is 3.10. The smallest absolute Gasteiger partial charge is 0.185 e. The second kappa shape index (κ2) is 4.30. The standard InChI is InChI=1S/C13H10N2OS/c16-10-8-11(9-4-2-1-3-5-9)17-13-12(10)14-6-7-15-13/h1-7,11H,8H2/t11-/m1/s1. The normalized spacial score (nSPS) is 18.8. The summed E-state index contributed by atoms with van der Waals surface area (Å²) in [5, 5.41) is 0.908. The Morgan fingerprint density at radius 1 is 1.12 bits per heavy atom. The van der Waals surface area contributed by atoms with Gasteiger partial charge in [0.2, 0.25) is 0 Å². The van der Waals surface area contributed by atoms with E-state index in [-0.39, 0.29) is 11.0 Å². The van der Waals surface area contributed by atoms with Crippen LogP contribution in [0.2, 0.25) is 0 Å². The molecule has 0 aliphatic carbocycles. The number of rotatable bonds is 1. The van der Waals surface area contributed by atoms with Crippen LogP contribution in [0.15, 0.2) is 47.8 Å². The van der Waals surface area contributed by atoms with Crippen molar-refractivity contribution >= 4 is 17.5 Å². The van der Waals surface area contributed by atoms with Gasteiger partial charge in [-0.3, -0.25) is 4.79 Å². The first-order valence-electron chi connectivity index (χ1n) is 5.40. The predicted octanol–water partition coefficient (Wildman–Crippen LogP) is 2.90. The van der Waals surface area contributed by atoms with Crippen LogP contribution in [0.4, 0.5) is 0 Å². The molecule has 0 unspecified atom stereocenters. The Labute approximate surface area is 103 Å². The van der Waals surface area contributed by atoms with Gasteiger partial charge in [-0.2, -0.15) is 0 Å². The molecule has 84 valence electrons. The maximum Gasteiger partial charge on any atom is 0.185 e. The number of nitrogens with zero attached hydrogens (tertiary/aromatic N) is 2. The van der Waals surface area contributed by atoms with Gasteiger partial charge in [-0.1, -0.05) is 42.1 Å². The minimum absolute atomic E-state index is 0.0840. The zero-order valence-corrected chi connectivity index (χ0v) is 9.85. The van der Waals surface area contributed by atoms with E-state index in [9.17, 15) is 4.79 Å². The van der Waals surface area contributed by atoms with Crippen LogP contribution in [0.1, 0.15) is 27.7 Å². The van der Waals surface area contributed by atoms with Gasteiger partial charge in [0.1, 0.15) is 10.7 Å². The summed E-state index contributed by atoms with van der Waals surface area (Å²) in [7, 11) is 0. The lowest BCUT2D eigenvalue weighted by Gasteiger charge is -2.21. The summed E-state index contributed by atoms with van der Waals surface area (Å²) in [5.74, 6) is 0.0840. The third kappa shape index (κ3) is 1.96. The van der Waals surface area contributed by atoms with Crippen LogP contribution in [0.3, 0.4) is 0 Å². The highest BCUT2D eigenvalue weighted by Gasteiger charge is 2.28. The average Bonchev–Trinajstić information content (AvgIpc) is 2.40. The van der Waals surface area contributed by atoms with Gasteiger partial charge in [0.25, 0.3) is 0 Å². The number of carbonyl (C=O) groups is 1. The largest absolute Gasteiger partial charge is 0.292 e. The van der Waals surface area contributed by atoms with Gasteiger partial charge in [0.05, 0.1) is 0 Å². The van der Waals surface area contributed by atoms with Gasteiger partial charge in [-0.15, -0.1) is 0 Å². The summed E-state index contributed by atoms with van der Waals surface area (Å²) in [6, 6.07) is 10.1. The quantitative estimate of drug-likeness (QED) is 0.771. The van der Waals surface area contributed by atoms with Crippen molar-refractivity contribution in [1.82, 2.24) is 9.97 Å². The number of Topliss-reactive ketones (excluding diaryl/α,β-unsaturated/α-hetero) is 1. The summed E-state index contributed by atoms with van der Waals surface area (Å²) >= 11 is 1.62. The Morgan fingerprint density at radius 2 is 1.88 bits per heavy atom. The Balaban J connectivity index is 1.97. The lowest BCUT2D eigenvalue weighted by atomic mass is 10.1.